The van der Waals surface area contributed by atoms with Crippen molar-refractivity contribution in [2.75, 3.05) is 6.61 Å². The van der Waals surface area contributed by atoms with Gasteiger partial charge >= 0.3 is 5.97 Å². The van der Waals surface area contributed by atoms with Crippen LogP contribution in [-0.2, 0) is 9.53 Å². The van der Waals surface area contributed by atoms with Crippen molar-refractivity contribution in [2.24, 2.45) is 5.73 Å². The average molecular weight is 290 g/mol. The number of aryl methyl sites for hydroxylation is 1. The highest BCUT2D eigenvalue weighted by molar-refractivity contribution is 7.16. The van der Waals surface area contributed by atoms with Crippen LogP contribution < -0.4 is 5.73 Å². The van der Waals surface area contributed by atoms with E-state index in [9.17, 15) is 4.79 Å². The molecule has 0 amide bonds. The molecule has 0 saturated heterocycles. The van der Waals surface area contributed by atoms with E-state index >= 15 is 0 Å². The van der Waals surface area contributed by atoms with Crippen LogP contribution in [0.3, 0.4) is 0 Å². The fourth-order valence-electron chi connectivity index (χ4n) is 1.68. The van der Waals surface area contributed by atoms with Gasteiger partial charge in [0.1, 0.15) is 0 Å². The Kier molecular flexibility index (Phi) is 6.68. The van der Waals surface area contributed by atoms with Gasteiger partial charge in [-0.25, -0.2) is 0 Å². The number of ether oxygens (including phenoxy) is 1. The molecule has 0 aliphatic carbocycles. The van der Waals surface area contributed by atoms with Gasteiger partial charge in [-0.3, -0.25) is 4.79 Å². The summed E-state index contributed by atoms with van der Waals surface area (Å²) in [7, 11) is 0. The zero-order valence-corrected chi connectivity index (χ0v) is 12.4. The van der Waals surface area contributed by atoms with Crippen LogP contribution in [0, 0.1) is 6.92 Å². The lowest BCUT2D eigenvalue weighted by molar-refractivity contribution is -0.143. The first kappa shape index (κ1) is 15.5. The molecule has 3 nitrogen and oxygen atoms in total. The van der Waals surface area contributed by atoms with Crippen LogP contribution in [0.2, 0.25) is 4.34 Å². The van der Waals surface area contributed by atoms with Gasteiger partial charge in [-0.15, -0.1) is 11.3 Å². The van der Waals surface area contributed by atoms with Gasteiger partial charge in [-0.2, -0.15) is 0 Å². The smallest absolute Gasteiger partial charge is 0.305 e. The van der Waals surface area contributed by atoms with E-state index in [-0.39, 0.29) is 12.0 Å². The number of rotatable bonds is 7. The first-order chi connectivity index (χ1) is 8.54. The van der Waals surface area contributed by atoms with E-state index in [2.05, 4.69) is 0 Å². The molecule has 0 spiro atoms. The number of hydrogen-bond acceptors (Lipinski definition) is 4. The topological polar surface area (TPSA) is 52.3 Å². The van der Waals surface area contributed by atoms with Crippen LogP contribution >= 0.6 is 22.9 Å². The lowest BCUT2D eigenvalue weighted by Crippen LogP contribution is -2.09. The Hall–Kier alpha value is -0.580. The van der Waals surface area contributed by atoms with E-state index in [0.29, 0.717) is 13.0 Å². The van der Waals surface area contributed by atoms with Crippen molar-refractivity contribution in [3.05, 3.63) is 20.8 Å². The summed E-state index contributed by atoms with van der Waals surface area (Å²) in [4.78, 5) is 12.3. The first-order valence-electron chi connectivity index (χ1n) is 6.21. The summed E-state index contributed by atoms with van der Waals surface area (Å²) in [5.74, 6) is -0.124. The predicted octanol–water partition coefficient (Wildman–Crippen LogP) is 3.83. The number of carbonyl (C=O) groups is 1. The Morgan fingerprint density at radius 1 is 1.56 bits per heavy atom. The standard InChI is InChI=1S/C13H20ClNO2S/c1-3-17-12(16)7-5-4-6-10(15)11-8-9(2)13(14)18-11/h8,10H,3-7,15H2,1-2H3. The van der Waals surface area contributed by atoms with Gasteiger partial charge in [0.25, 0.3) is 0 Å². The minimum absolute atomic E-state index is 0.0170. The molecule has 0 aliphatic heterocycles. The summed E-state index contributed by atoms with van der Waals surface area (Å²) in [5.41, 5.74) is 7.17. The zero-order chi connectivity index (χ0) is 13.5. The summed E-state index contributed by atoms with van der Waals surface area (Å²) in [6.45, 7) is 4.25. The molecular formula is C13H20ClNO2S. The largest absolute Gasteiger partial charge is 0.466 e. The number of hydrogen-bond donors (Lipinski definition) is 1. The number of carbonyl (C=O) groups excluding carboxylic acids is 1. The maximum Gasteiger partial charge on any atom is 0.305 e. The number of nitrogens with two attached hydrogens (primary N) is 1. The Labute approximate surface area is 117 Å². The average Bonchev–Trinajstić information content (AvgIpc) is 2.65. The second kappa shape index (κ2) is 7.77. The van der Waals surface area contributed by atoms with E-state index in [1.165, 1.54) is 0 Å². The van der Waals surface area contributed by atoms with E-state index in [1.54, 1.807) is 11.3 Å². The van der Waals surface area contributed by atoms with E-state index in [4.69, 9.17) is 22.1 Å². The van der Waals surface area contributed by atoms with E-state index in [1.807, 2.05) is 19.9 Å². The number of thiophene rings is 1. The Bertz CT molecular complexity index is 373. The van der Waals surface area contributed by atoms with Gasteiger partial charge in [0.15, 0.2) is 0 Å². The van der Waals surface area contributed by atoms with Gasteiger partial charge < -0.3 is 10.5 Å². The highest BCUT2D eigenvalue weighted by Gasteiger charge is 2.11. The molecule has 0 bridgehead atoms. The summed E-state index contributed by atoms with van der Waals surface area (Å²) < 4.78 is 5.68. The molecule has 1 aromatic heterocycles. The van der Waals surface area contributed by atoms with E-state index in [0.717, 1.165) is 34.0 Å². The van der Waals surface area contributed by atoms with Crippen molar-refractivity contribution >= 4 is 28.9 Å². The lowest BCUT2D eigenvalue weighted by atomic mass is 10.1. The molecule has 1 aromatic rings. The monoisotopic (exact) mass is 289 g/mol. The molecule has 0 saturated carbocycles. The van der Waals surface area contributed by atoms with Gasteiger partial charge in [-0.05, 0) is 38.3 Å². The molecule has 5 heteroatoms. The van der Waals surface area contributed by atoms with E-state index < -0.39 is 0 Å². The van der Waals surface area contributed by atoms with Crippen LogP contribution in [0.4, 0.5) is 0 Å². The van der Waals surface area contributed by atoms with Crippen molar-refractivity contribution in [3.63, 3.8) is 0 Å². The zero-order valence-electron chi connectivity index (χ0n) is 10.9. The molecule has 1 rings (SSSR count). The maximum atomic E-state index is 11.1. The Morgan fingerprint density at radius 2 is 2.28 bits per heavy atom. The summed E-state index contributed by atoms with van der Waals surface area (Å²) in [5, 5.41) is 0. The fourth-order valence-corrected chi connectivity index (χ4v) is 2.93. The van der Waals surface area contributed by atoms with Gasteiger partial charge in [0.05, 0.1) is 10.9 Å². The maximum absolute atomic E-state index is 11.1. The first-order valence-corrected chi connectivity index (χ1v) is 7.41. The van der Waals surface area contributed by atoms with Crippen LogP contribution in [0.5, 0.6) is 0 Å². The highest BCUT2D eigenvalue weighted by atomic mass is 35.5. The van der Waals surface area contributed by atoms with Gasteiger partial charge in [0, 0.05) is 17.3 Å². The Morgan fingerprint density at radius 3 is 2.83 bits per heavy atom. The van der Waals surface area contributed by atoms with Crippen molar-refractivity contribution in [1.29, 1.82) is 0 Å². The SMILES string of the molecule is CCOC(=O)CCCCC(N)c1cc(C)c(Cl)s1. The summed E-state index contributed by atoms with van der Waals surface area (Å²) >= 11 is 7.56. The lowest BCUT2D eigenvalue weighted by Gasteiger charge is -2.08. The normalized spacial score (nSPS) is 12.4. The van der Waals surface area contributed by atoms with Crippen molar-refractivity contribution in [3.8, 4) is 0 Å². The van der Waals surface area contributed by atoms with Crippen molar-refractivity contribution < 1.29 is 9.53 Å². The van der Waals surface area contributed by atoms with Gasteiger partial charge in [-0.1, -0.05) is 18.0 Å². The minimum Gasteiger partial charge on any atom is -0.466 e. The predicted molar refractivity (Wildman–Crippen MR) is 76.1 cm³/mol. The molecule has 0 aliphatic rings. The third-order valence-corrected chi connectivity index (χ3v) is 4.38. The molecule has 0 fully saturated rings. The van der Waals surface area contributed by atoms with Crippen LogP contribution in [0.15, 0.2) is 6.07 Å². The molecule has 1 heterocycles. The Balaban J connectivity index is 2.25. The molecule has 102 valence electrons. The third kappa shape index (κ3) is 4.96. The second-order valence-corrected chi connectivity index (χ2v) is 5.95. The van der Waals surface area contributed by atoms with Crippen molar-refractivity contribution in [1.82, 2.24) is 0 Å². The van der Waals surface area contributed by atoms with Crippen LogP contribution in [-0.4, -0.2) is 12.6 Å². The summed E-state index contributed by atoms with van der Waals surface area (Å²) in [6, 6.07) is 2.06. The quantitative estimate of drug-likeness (QED) is 0.613. The molecule has 2 N–H and O–H groups in total. The molecule has 0 aromatic carbocycles. The van der Waals surface area contributed by atoms with Crippen LogP contribution in [0.25, 0.3) is 0 Å². The number of halogens is 1. The highest BCUT2D eigenvalue weighted by Crippen LogP contribution is 2.31. The van der Waals surface area contributed by atoms with Gasteiger partial charge in [0.2, 0.25) is 0 Å². The number of unbranched alkanes of at least 4 members (excludes halogenated alkanes) is 1. The number of esters is 1. The second-order valence-electron chi connectivity index (χ2n) is 4.26. The molecule has 18 heavy (non-hydrogen) atoms. The molecule has 0 radical (unpaired) electrons. The van der Waals surface area contributed by atoms with Crippen molar-refractivity contribution in [2.45, 2.75) is 45.6 Å². The van der Waals surface area contributed by atoms with Crippen LogP contribution in [0.1, 0.15) is 49.1 Å². The third-order valence-electron chi connectivity index (χ3n) is 2.69. The minimum atomic E-state index is -0.124. The molecule has 1 atom stereocenters. The summed E-state index contributed by atoms with van der Waals surface area (Å²) in [6.07, 6.45) is 3.10. The fraction of sp³-hybridized carbons (Fsp3) is 0.615. The molecular weight excluding hydrogens is 270 g/mol. The molecule has 1 unspecified atom stereocenters.